The number of nitriles is 1. The van der Waals surface area contributed by atoms with Crippen LogP contribution in [0.5, 0.6) is 0 Å². The highest BCUT2D eigenvalue weighted by Gasteiger charge is 2.46. The van der Waals surface area contributed by atoms with E-state index in [1.807, 2.05) is 0 Å². The lowest BCUT2D eigenvalue weighted by Gasteiger charge is -2.37. The third kappa shape index (κ3) is 3.83. The third-order valence-corrected chi connectivity index (χ3v) is 13.7. The summed E-state index contributed by atoms with van der Waals surface area (Å²) in [5, 5.41) is 15.6. The lowest BCUT2D eigenvalue weighted by atomic mass is 9.91. The lowest BCUT2D eigenvalue weighted by molar-refractivity contribution is 0.701. The first kappa shape index (κ1) is 24.6. The summed E-state index contributed by atoms with van der Waals surface area (Å²) >= 11 is 0. The Kier molecular flexibility index (Phi) is 6.34. The van der Waals surface area contributed by atoms with Gasteiger partial charge >= 0.3 is 0 Å². The summed E-state index contributed by atoms with van der Waals surface area (Å²) in [6.45, 7) is 0. The van der Waals surface area contributed by atoms with Gasteiger partial charge in [-0.1, -0.05) is 121 Å². The zero-order chi connectivity index (χ0) is 26.9. The van der Waals surface area contributed by atoms with Crippen LogP contribution in [0, 0.1) is 11.3 Å². The molecule has 0 fully saturated rings. The Morgan fingerprint density at radius 3 is 2.17 bits per heavy atom. The Hall–Kier alpha value is -4.39. The van der Waals surface area contributed by atoms with Crippen LogP contribution in [-0.4, -0.2) is 14.1 Å². The molecule has 40 heavy (non-hydrogen) atoms. The minimum atomic E-state index is -2.78. The molecule has 3 aromatic rings. The van der Waals surface area contributed by atoms with Gasteiger partial charge in [-0.3, -0.25) is 0 Å². The molecule has 0 amide bonds. The predicted octanol–water partition coefficient (Wildman–Crippen LogP) is 6.50. The number of nitrogens with zero attached hydrogens (tertiary/aromatic N) is 2. The molecule has 2 nitrogen and oxygen atoms in total. The Labute approximate surface area is 238 Å². The molecule has 194 valence electrons. The molecular weight excluding hydrogens is 501 g/mol. The van der Waals surface area contributed by atoms with Crippen molar-refractivity contribution in [3.05, 3.63) is 156 Å². The molecule has 4 aliphatic rings. The van der Waals surface area contributed by atoms with E-state index in [0.29, 0.717) is 12.0 Å². The van der Waals surface area contributed by atoms with Crippen LogP contribution < -0.4 is 20.5 Å². The highest BCUT2D eigenvalue weighted by Crippen LogP contribution is 2.46. The first-order valence-electron chi connectivity index (χ1n) is 14.4. The van der Waals surface area contributed by atoms with Crippen LogP contribution in [0.25, 0.3) is 0 Å². The Morgan fingerprint density at radius 2 is 1.48 bits per heavy atom. The van der Waals surface area contributed by atoms with E-state index < -0.39 is 8.07 Å². The molecule has 0 spiro atoms. The minimum Gasteiger partial charge on any atom is -0.337 e. The fraction of sp³-hybridized carbons (Fsp3) is 0.162. The monoisotopic (exact) mass is 532 g/mol. The van der Waals surface area contributed by atoms with Gasteiger partial charge in [-0.25, -0.2) is 0 Å². The Bertz CT molecular complexity index is 1620. The van der Waals surface area contributed by atoms with Gasteiger partial charge in [-0.15, -0.1) is 0 Å². The Morgan fingerprint density at radius 1 is 0.750 bits per heavy atom. The molecule has 2 atom stereocenters. The first-order chi connectivity index (χ1) is 19.8. The smallest absolute Gasteiger partial charge is 0.180 e. The number of anilines is 1. The average Bonchev–Trinajstić information content (AvgIpc) is 3.37. The van der Waals surface area contributed by atoms with E-state index in [1.54, 1.807) is 0 Å². The van der Waals surface area contributed by atoms with Crippen LogP contribution in [0.3, 0.4) is 0 Å². The second kappa shape index (κ2) is 10.3. The number of rotatable bonds is 5. The van der Waals surface area contributed by atoms with Crippen molar-refractivity contribution in [3.8, 4) is 6.07 Å². The maximum Gasteiger partial charge on any atom is 0.180 e. The summed E-state index contributed by atoms with van der Waals surface area (Å²) in [4.78, 5) is 2.57. The topological polar surface area (TPSA) is 27.0 Å². The van der Waals surface area contributed by atoms with Gasteiger partial charge in [-0.05, 0) is 64.1 Å². The largest absolute Gasteiger partial charge is 0.337 e. The van der Waals surface area contributed by atoms with E-state index >= 15 is 0 Å². The van der Waals surface area contributed by atoms with Crippen LogP contribution >= 0.6 is 0 Å². The van der Waals surface area contributed by atoms with E-state index in [9.17, 15) is 5.26 Å². The van der Waals surface area contributed by atoms with Crippen molar-refractivity contribution in [1.82, 2.24) is 0 Å². The standard InChI is InChI=1S/C37H32N2Si/c38-27-28-14-10-13-23-37(28)40(30-17-6-2-7-18-30,31-19-8-3-9-20-31)32-24-25-36-34(26-32)33-21-11-12-22-35(33)39(36)29-15-4-1-5-16-29/h1-4,6-9,11-12,14-15,17-26,33,35H,5,10,13,16H2. The molecule has 7 rings (SSSR count). The van der Waals surface area contributed by atoms with Crippen LogP contribution in [0.4, 0.5) is 5.69 Å². The molecule has 3 heteroatoms. The summed E-state index contributed by atoms with van der Waals surface area (Å²) < 4.78 is 0. The SMILES string of the molecule is N#CC1=CCCC=C1[Si](c1ccccc1)(c1ccccc1)c1ccc2c(c1)C1C=CC=CC1N2C1=CC=CCC1. The van der Waals surface area contributed by atoms with Crippen molar-refractivity contribution >= 4 is 29.3 Å². The fourth-order valence-corrected chi connectivity index (χ4v) is 12.2. The molecular formula is C37H32N2Si. The van der Waals surface area contributed by atoms with Gasteiger partial charge in [0, 0.05) is 22.9 Å². The highest BCUT2D eigenvalue weighted by molar-refractivity contribution is 7.16. The van der Waals surface area contributed by atoms with Crippen LogP contribution in [0.1, 0.15) is 37.2 Å². The predicted molar refractivity (Wildman–Crippen MR) is 169 cm³/mol. The molecule has 3 aromatic carbocycles. The maximum absolute atomic E-state index is 10.4. The molecule has 0 aromatic heterocycles. The van der Waals surface area contributed by atoms with E-state index in [0.717, 1.165) is 31.3 Å². The van der Waals surface area contributed by atoms with Gasteiger partial charge in [0.1, 0.15) is 0 Å². The maximum atomic E-state index is 10.4. The molecule has 2 unspecified atom stereocenters. The zero-order valence-electron chi connectivity index (χ0n) is 22.6. The summed E-state index contributed by atoms with van der Waals surface area (Å²) in [6.07, 6.45) is 24.5. The molecule has 0 saturated carbocycles. The number of hydrogen-bond donors (Lipinski definition) is 0. The van der Waals surface area contributed by atoms with Crippen molar-refractivity contribution in [2.75, 3.05) is 4.90 Å². The minimum absolute atomic E-state index is 0.293. The molecule has 0 saturated heterocycles. The van der Waals surface area contributed by atoms with E-state index in [2.05, 4.69) is 145 Å². The van der Waals surface area contributed by atoms with Gasteiger partial charge in [0.15, 0.2) is 8.07 Å². The van der Waals surface area contributed by atoms with Crippen molar-refractivity contribution in [3.63, 3.8) is 0 Å². The third-order valence-electron chi connectivity index (χ3n) is 8.88. The normalized spacial score (nSPS) is 21.2. The average molecular weight is 533 g/mol. The molecule has 0 radical (unpaired) electrons. The molecule has 1 heterocycles. The van der Waals surface area contributed by atoms with Crippen LogP contribution in [0.2, 0.25) is 0 Å². The van der Waals surface area contributed by atoms with E-state index in [4.69, 9.17) is 0 Å². The molecule has 0 bridgehead atoms. The van der Waals surface area contributed by atoms with Gasteiger partial charge < -0.3 is 4.90 Å². The summed E-state index contributed by atoms with van der Waals surface area (Å²) in [5.74, 6) is 0.302. The number of fused-ring (bicyclic) bond motifs is 3. The summed E-state index contributed by atoms with van der Waals surface area (Å²) in [5.41, 5.74) is 4.93. The van der Waals surface area contributed by atoms with Crippen LogP contribution in [0.15, 0.2) is 150 Å². The summed E-state index contributed by atoms with van der Waals surface area (Å²) in [7, 11) is -2.78. The van der Waals surface area contributed by atoms with Crippen molar-refractivity contribution in [2.24, 2.45) is 0 Å². The van der Waals surface area contributed by atoms with Crippen LogP contribution in [-0.2, 0) is 0 Å². The van der Waals surface area contributed by atoms with Crippen molar-refractivity contribution in [1.29, 1.82) is 5.26 Å². The lowest BCUT2D eigenvalue weighted by Crippen LogP contribution is -2.69. The fourth-order valence-electron chi connectivity index (χ4n) is 7.18. The number of allylic oxidation sites excluding steroid dienone is 10. The van der Waals surface area contributed by atoms with Crippen molar-refractivity contribution in [2.45, 2.75) is 37.6 Å². The molecule has 3 aliphatic carbocycles. The second-order valence-corrected chi connectivity index (χ2v) is 14.7. The number of hydrogen-bond acceptors (Lipinski definition) is 2. The molecule has 1 aliphatic heterocycles. The molecule has 0 N–H and O–H groups in total. The van der Waals surface area contributed by atoms with Gasteiger partial charge in [-0.2, -0.15) is 5.26 Å². The quantitative estimate of drug-likeness (QED) is 0.277. The first-order valence-corrected chi connectivity index (χ1v) is 16.4. The highest BCUT2D eigenvalue weighted by atomic mass is 28.3. The van der Waals surface area contributed by atoms with Crippen molar-refractivity contribution < 1.29 is 0 Å². The zero-order valence-corrected chi connectivity index (χ0v) is 23.6. The van der Waals surface area contributed by atoms with Gasteiger partial charge in [0.25, 0.3) is 0 Å². The Balaban J connectivity index is 1.51. The van der Waals surface area contributed by atoms with Gasteiger partial charge in [0.2, 0.25) is 0 Å². The van der Waals surface area contributed by atoms with E-state index in [1.165, 1.54) is 37.7 Å². The summed E-state index contributed by atoms with van der Waals surface area (Å²) in [6, 6.07) is 32.1. The van der Waals surface area contributed by atoms with Gasteiger partial charge in [0.05, 0.1) is 12.1 Å². The number of benzene rings is 3. The van der Waals surface area contributed by atoms with E-state index in [-0.39, 0.29) is 0 Å². The second-order valence-electron chi connectivity index (χ2n) is 11.0.